The highest BCUT2D eigenvalue weighted by molar-refractivity contribution is 7.92. The molecule has 0 unspecified atom stereocenters. The maximum atomic E-state index is 14.1. The molecule has 1 atom stereocenters. The first kappa shape index (κ1) is 32.7. The monoisotopic (exact) mass is 651 g/mol. The zero-order valence-corrected chi connectivity index (χ0v) is 25.9. The molecular weight excluding hydrogens is 619 g/mol. The fourth-order valence-corrected chi connectivity index (χ4v) is 6.50. The van der Waals surface area contributed by atoms with Gasteiger partial charge in [-0.25, -0.2) is 17.2 Å². The third kappa shape index (κ3) is 8.90. The third-order valence-corrected chi connectivity index (χ3v) is 9.18. The van der Waals surface area contributed by atoms with Crippen LogP contribution in [0, 0.1) is 11.6 Å². The van der Waals surface area contributed by atoms with Crippen molar-refractivity contribution in [1.29, 1.82) is 0 Å². The Hall–Kier alpha value is -3.21. The molecule has 3 aromatic carbocycles. The average Bonchev–Trinajstić information content (AvgIpc) is 2.96. The van der Waals surface area contributed by atoms with Crippen LogP contribution in [0.2, 0.25) is 10.0 Å². The first-order valence-corrected chi connectivity index (χ1v) is 16.5. The van der Waals surface area contributed by atoms with Gasteiger partial charge in [-0.15, -0.1) is 0 Å². The molecule has 2 amide bonds. The number of sulfonamides is 1. The summed E-state index contributed by atoms with van der Waals surface area (Å²) in [6.07, 6.45) is 5.69. The summed E-state index contributed by atoms with van der Waals surface area (Å²) in [5, 5.41) is 3.74. The first-order chi connectivity index (χ1) is 20.4. The normalized spacial score (nSPS) is 14.6. The van der Waals surface area contributed by atoms with Crippen molar-refractivity contribution >= 4 is 50.7 Å². The van der Waals surface area contributed by atoms with Gasteiger partial charge < -0.3 is 10.2 Å². The number of anilines is 1. The van der Waals surface area contributed by atoms with Crippen LogP contribution in [0.3, 0.4) is 0 Å². The van der Waals surface area contributed by atoms with Gasteiger partial charge in [-0.05, 0) is 48.2 Å². The quantitative estimate of drug-likeness (QED) is 0.270. The molecule has 1 saturated carbocycles. The fraction of sp³-hybridized carbons (Fsp3) is 0.355. The largest absolute Gasteiger partial charge is 0.352 e. The van der Waals surface area contributed by atoms with Crippen molar-refractivity contribution in [2.24, 2.45) is 0 Å². The molecule has 3 aromatic rings. The van der Waals surface area contributed by atoms with E-state index in [1.165, 1.54) is 11.0 Å². The van der Waals surface area contributed by atoms with Crippen molar-refractivity contribution in [2.75, 3.05) is 17.1 Å². The molecule has 0 heterocycles. The van der Waals surface area contributed by atoms with Crippen LogP contribution < -0.4 is 9.62 Å². The third-order valence-electron chi connectivity index (χ3n) is 7.45. The highest BCUT2D eigenvalue weighted by atomic mass is 35.5. The van der Waals surface area contributed by atoms with E-state index >= 15 is 0 Å². The van der Waals surface area contributed by atoms with Crippen LogP contribution in [0.1, 0.15) is 43.2 Å². The molecule has 7 nitrogen and oxygen atoms in total. The van der Waals surface area contributed by atoms with Crippen molar-refractivity contribution < 1.29 is 26.8 Å². The summed E-state index contributed by atoms with van der Waals surface area (Å²) >= 11 is 12.6. The summed E-state index contributed by atoms with van der Waals surface area (Å²) in [4.78, 5) is 29.4. The lowest BCUT2D eigenvalue weighted by atomic mass is 9.94. The van der Waals surface area contributed by atoms with Gasteiger partial charge in [0.1, 0.15) is 12.6 Å². The second-order valence-corrected chi connectivity index (χ2v) is 13.4. The Morgan fingerprint density at radius 3 is 2.28 bits per heavy atom. The maximum Gasteiger partial charge on any atom is 0.244 e. The number of carbonyl (C=O) groups is 2. The molecule has 43 heavy (non-hydrogen) atoms. The van der Waals surface area contributed by atoms with Gasteiger partial charge in [0.25, 0.3) is 0 Å². The Bertz CT molecular complexity index is 1550. The number of nitrogens with zero attached hydrogens (tertiary/aromatic N) is 2. The van der Waals surface area contributed by atoms with Gasteiger partial charge in [0.15, 0.2) is 11.6 Å². The highest BCUT2D eigenvalue weighted by Crippen LogP contribution is 2.26. The van der Waals surface area contributed by atoms with Gasteiger partial charge in [0.05, 0.1) is 11.9 Å². The lowest BCUT2D eigenvalue weighted by Crippen LogP contribution is -2.55. The molecule has 1 N–H and O–H groups in total. The fourth-order valence-electron chi connectivity index (χ4n) is 5.19. The van der Waals surface area contributed by atoms with Crippen molar-refractivity contribution in [2.45, 2.75) is 57.2 Å². The molecule has 0 aromatic heterocycles. The number of hydrogen-bond acceptors (Lipinski definition) is 4. The van der Waals surface area contributed by atoms with Gasteiger partial charge >= 0.3 is 0 Å². The minimum Gasteiger partial charge on any atom is -0.352 e. The summed E-state index contributed by atoms with van der Waals surface area (Å²) in [6, 6.07) is 15.4. The number of hydrogen-bond donors (Lipinski definition) is 1. The topological polar surface area (TPSA) is 86.8 Å². The predicted octanol–water partition coefficient (Wildman–Crippen LogP) is 6.13. The van der Waals surface area contributed by atoms with E-state index < -0.39 is 40.2 Å². The second kappa shape index (κ2) is 14.5. The summed E-state index contributed by atoms with van der Waals surface area (Å²) < 4.78 is 54.1. The Labute approximate surface area is 260 Å². The SMILES string of the molecule is CS(=O)(=O)N(CC(=O)N(Cc1ccc(Cl)cc1Cl)[C@H](Cc1ccccc1)C(=O)NC1CCCCC1)c1ccc(F)c(F)c1. The minimum atomic E-state index is -4.14. The van der Waals surface area contributed by atoms with Crippen LogP contribution in [-0.2, 0) is 32.6 Å². The molecule has 0 aliphatic heterocycles. The van der Waals surface area contributed by atoms with Crippen molar-refractivity contribution in [3.63, 3.8) is 0 Å². The van der Waals surface area contributed by atoms with Crippen LogP contribution in [0.15, 0.2) is 66.7 Å². The van der Waals surface area contributed by atoms with Crippen LogP contribution >= 0.6 is 23.2 Å². The molecule has 1 fully saturated rings. The van der Waals surface area contributed by atoms with Crippen LogP contribution in [0.25, 0.3) is 0 Å². The van der Waals surface area contributed by atoms with Gasteiger partial charge in [0, 0.05) is 35.1 Å². The predicted molar refractivity (Wildman–Crippen MR) is 165 cm³/mol. The molecule has 1 aliphatic carbocycles. The van der Waals surface area contributed by atoms with Gasteiger partial charge in [-0.3, -0.25) is 13.9 Å². The summed E-state index contributed by atoms with van der Waals surface area (Å²) in [6.45, 7) is -0.906. The van der Waals surface area contributed by atoms with Gasteiger partial charge in [-0.1, -0.05) is 78.9 Å². The molecule has 230 valence electrons. The zero-order valence-electron chi connectivity index (χ0n) is 23.6. The number of halogens is 4. The Morgan fingerprint density at radius 1 is 0.953 bits per heavy atom. The average molecular weight is 653 g/mol. The first-order valence-electron chi connectivity index (χ1n) is 13.9. The number of carbonyl (C=O) groups excluding carboxylic acids is 2. The molecule has 1 aliphatic rings. The van der Waals surface area contributed by atoms with E-state index in [1.807, 2.05) is 30.3 Å². The van der Waals surface area contributed by atoms with Crippen molar-refractivity contribution in [1.82, 2.24) is 10.2 Å². The summed E-state index contributed by atoms with van der Waals surface area (Å²) in [7, 11) is -4.14. The van der Waals surface area contributed by atoms with Crippen LogP contribution in [0.5, 0.6) is 0 Å². The zero-order chi connectivity index (χ0) is 31.1. The van der Waals surface area contributed by atoms with Crippen molar-refractivity contribution in [3.8, 4) is 0 Å². The van der Waals surface area contributed by atoms with E-state index in [-0.39, 0.29) is 35.6 Å². The molecule has 0 saturated heterocycles. The molecule has 0 bridgehead atoms. The molecule has 12 heteroatoms. The molecule has 4 rings (SSSR count). The summed E-state index contributed by atoms with van der Waals surface area (Å²) in [5.41, 5.74) is 1.04. The van der Waals surface area contributed by atoms with E-state index in [0.717, 1.165) is 56.1 Å². The maximum absolute atomic E-state index is 14.1. The Morgan fingerprint density at radius 2 is 1.65 bits per heavy atom. The van der Waals surface area contributed by atoms with Crippen LogP contribution in [0.4, 0.5) is 14.5 Å². The summed E-state index contributed by atoms with van der Waals surface area (Å²) in [5.74, 6) is -3.55. The van der Waals surface area contributed by atoms with Crippen molar-refractivity contribution in [3.05, 3.63) is 99.5 Å². The molecular formula is C31H33Cl2F2N3O4S. The van der Waals surface area contributed by atoms with E-state index in [1.54, 1.807) is 12.1 Å². The number of amides is 2. The Balaban J connectivity index is 1.75. The molecule has 0 spiro atoms. The Kier molecular flexibility index (Phi) is 11.0. The van der Waals surface area contributed by atoms with Crippen LogP contribution in [-0.4, -0.2) is 50.0 Å². The minimum absolute atomic E-state index is 0.0506. The van der Waals surface area contributed by atoms with E-state index in [2.05, 4.69) is 5.32 Å². The number of benzene rings is 3. The standard InChI is InChI=1S/C31H33Cl2F2N3O4S/c1-43(41,42)38(25-14-15-27(34)28(35)18-25)20-30(39)37(19-22-12-13-23(32)17-26(22)33)29(16-21-8-4-2-5-9-21)31(40)36-24-10-6-3-7-11-24/h2,4-5,8-9,12-15,17-18,24,29H,3,6-7,10-11,16,19-20H2,1H3,(H,36,40)/t29-/m1/s1. The van der Waals surface area contributed by atoms with Gasteiger partial charge in [0.2, 0.25) is 21.8 Å². The molecule has 0 radical (unpaired) electrons. The van der Waals surface area contributed by atoms with E-state index in [4.69, 9.17) is 23.2 Å². The van der Waals surface area contributed by atoms with E-state index in [0.29, 0.717) is 21.0 Å². The number of nitrogens with one attached hydrogen (secondary N) is 1. The lowest BCUT2D eigenvalue weighted by molar-refractivity contribution is -0.140. The van der Waals surface area contributed by atoms with E-state index in [9.17, 15) is 26.8 Å². The lowest BCUT2D eigenvalue weighted by Gasteiger charge is -2.35. The smallest absolute Gasteiger partial charge is 0.244 e. The highest BCUT2D eigenvalue weighted by Gasteiger charge is 2.34. The second-order valence-electron chi connectivity index (χ2n) is 10.7. The number of rotatable bonds is 11. The van der Waals surface area contributed by atoms with Gasteiger partial charge in [-0.2, -0.15) is 0 Å².